The van der Waals surface area contributed by atoms with Crippen LogP contribution in [0, 0.1) is 0 Å². The number of amides is 1. The minimum atomic E-state index is -0.329. The molecule has 2 N–H and O–H groups in total. The van der Waals surface area contributed by atoms with E-state index >= 15 is 0 Å². The molecule has 0 aliphatic rings. The molecule has 2 heterocycles. The van der Waals surface area contributed by atoms with Crippen LogP contribution in [0.25, 0.3) is 0 Å². The smallest absolute Gasteiger partial charge is 0.270 e. The van der Waals surface area contributed by atoms with Crippen LogP contribution in [0.2, 0.25) is 0 Å². The van der Waals surface area contributed by atoms with E-state index in [1.807, 2.05) is 0 Å². The molecule has 0 aliphatic carbocycles. The van der Waals surface area contributed by atoms with Gasteiger partial charge in [0.05, 0.1) is 32.7 Å². The molecule has 8 heteroatoms. The van der Waals surface area contributed by atoms with Gasteiger partial charge in [-0.3, -0.25) is 4.79 Å². The highest BCUT2D eigenvalue weighted by molar-refractivity contribution is 5.92. The van der Waals surface area contributed by atoms with Crippen molar-refractivity contribution in [3.05, 3.63) is 60.4 Å². The Hall–Kier alpha value is -3.55. The van der Waals surface area contributed by atoms with E-state index in [4.69, 9.17) is 13.9 Å². The highest BCUT2D eigenvalue weighted by Crippen LogP contribution is 2.30. The van der Waals surface area contributed by atoms with E-state index in [0.717, 1.165) is 0 Å². The normalized spacial score (nSPS) is 10.2. The number of carbonyl (C=O) groups is 1. The summed E-state index contributed by atoms with van der Waals surface area (Å²) in [6, 6.07) is 10.4. The summed E-state index contributed by atoms with van der Waals surface area (Å²) in [7, 11) is 3.15. The maximum absolute atomic E-state index is 12.3. The van der Waals surface area contributed by atoms with Crippen molar-refractivity contribution >= 4 is 17.4 Å². The van der Waals surface area contributed by atoms with E-state index in [1.165, 1.54) is 6.33 Å². The minimum Gasteiger partial charge on any atom is -0.497 e. The molecule has 0 radical (unpaired) electrons. The maximum Gasteiger partial charge on any atom is 0.270 e. The number of hydrogen-bond donors (Lipinski definition) is 2. The van der Waals surface area contributed by atoms with Gasteiger partial charge in [0.25, 0.3) is 5.91 Å². The molecule has 3 aromatic rings. The number of furan rings is 1. The van der Waals surface area contributed by atoms with E-state index in [9.17, 15) is 4.79 Å². The van der Waals surface area contributed by atoms with Crippen LogP contribution >= 0.6 is 0 Å². The lowest BCUT2D eigenvalue weighted by Crippen LogP contribution is -2.23. The molecule has 134 valence electrons. The molecule has 3 rings (SSSR count). The number of rotatable bonds is 7. The van der Waals surface area contributed by atoms with Gasteiger partial charge in [0.2, 0.25) is 0 Å². The lowest BCUT2D eigenvalue weighted by atomic mass is 10.2. The van der Waals surface area contributed by atoms with Gasteiger partial charge >= 0.3 is 0 Å². The largest absolute Gasteiger partial charge is 0.497 e. The molecule has 0 spiro atoms. The second-order valence-electron chi connectivity index (χ2n) is 5.24. The first-order valence-corrected chi connectivity index (χ1v) is 7.81. The fraction of sp³-hybridized carbons (Fsp3) is 0.167. The number of nitrogens with one attached hydrogen (secondary N) is 2. The number of carbonyl (C=O) groups excluding carboxylic acids is 1. The van der Waals surface area contributed by atoms with Crippen molar-refractivity contribution < 1.29 is 18.7 Å². The van der Waals surface area contributed by atoms with E-state index < -0.39 is 0 Å². The Kier molecular flexibility index (Phi) is 5.33. The standard InChI is InChI=1S/C18H18N4O4/c1-24-12-5-6-16(25-2)14(8-12)22-17-9-15(20-11-21-17)18(23)19-10-13-4-3-7-26-13/h3-9,11H,10H2,1-2H3,(H,19,23)(H,20,21,22). The molecule has 0 unspecified atom stereocenters. The quantitative estimate of drug-likeness (QED) is 0.673. The Balaban J connectivity index is 1.74. The summed E-state index contributed by atoms with van der Waals surface area (Å²) in [5.74, 6) is 2.07. The number of nitrogens with zero attached hydrogens (tertiary/aromatic N) is 2. The van der Waals surface area contributed by atoms with Crippen molar-refractivity contribution in [2.45, 2.75) is 6.54 Å². The molecule has 1 aromatic carbocycles. The van der Waals surface area contributed by atoms with Gasteiger partial charge in [0.1, 0.15) is 35.1 Å². The SMILES string of the molecule is COc1ccc(OC)c(Nc2cc(C(=O)NCc3ccco3)ncn2)c1. The zero-order valence-corrected chi connectivity index (χ0v) is 14.4. The molecule has 26 heavy (non-hydrogen) atoms. The lowest BCUT2D eigenvalue weighted by molar-refractivity contribution is 0.0943. The number of benzene rings is 1. The van der Waals surface area contributed by atoms with Crippen LogP contribution in [0.3, 0.4) is 0 Å². The average molecular weight is 354 g/mol. The molecule has 2 aromatic heterocycles. The van der Waals surface area contributed by atoms with Gasteiger partial charge in [-0.2, -0.15) is 0 Å². The molecule has 0 saturated heterocycles. The van der Waals surface area contributed by atoms with Crippen LogP contribution in [-0.2, 0) is 6.54 Å². The second kappa shape index (κ2) is 8.02. The Morgan fingerprint density at radius 2 is 2.04 bits per heavy atom. The summed E-state index contributed by atoms with van der Waals surface area (Å²) in [5, 5.41) is 5.85. The van der Waals surface area contributed by atoms with Crippen molar-refractivity contribution in [1.82, 2.24) is 15.3 Å². The van der Waals surface area contributed by atoms with Crippen molar-refractivity contribution in [1.29, 1.82) is 0 Å². The summed E-state index contributed by atoms with van der Waals surface area (Å²) in [5.41, 5.74) is 0.892. The van der Waals surface area contributed by atoms with Crippen LogP contribution in [0.15, 0.2) is 53.4 Å². The molecular formula is C18H18N4O4. The minimum absolute atomic E-state index is 0.232. The molecular weight excluding hydrogens is 336 g/mol. The van der Waals surface area contributed by atoms with Gasteiger partial charge in [-0.1, -0.05) is 0 Å². The van der Waals surface area contributed by atoms with E-state index in [2.05, 4.69) is 20.6 Å². The van der Waals surface area contributed by atoms with Gasteiger partial charge in [-0.25, -0.2) is 9.97 Å². The summed E-state index contributed by atoms with van der Waals surface area (Å²) in [4.78, 5) is 20.4. The van der Waals surface area contributed by atoms with Crippen LogP contribution < -0.4 is 20.1 Å². The lowest BCUT2D eigenvalue weighted by Gasteiger charge is -2.12. The molecule has 0 fully saturated rings. The molecule has 1 amide bonds. The Bertz CT molecular complexity index is 881. The predicted octanol–water partition coefficient (Wildman–Crippen LogP) is 2.76. The summed E-state index contributed by atoms with van der Waals surface area (Å²) < 4.78 is 15.7. The number of methoxy groups -OCH3 is 2. The van der Waals surface area contributed by atoms with Crippen LogP contribution in [0.1, 0.15) is 16.2 Å². The second-order valence-corrected chi connectivity index (χ2v) is 5.24. The molecule has 0 bridgehead atoms. The maximum atomic E-state index is 12.3. The Morgan fingerprint density at radius 1 is 1.15 bits per heavy atom. The molecule has 0 atom stereocenters. The van der Waals surface area contributed by atoms with Crippen molar-refractivity contribution in [2.75, 3.05) is 19.5 Å². The van der Waals surface area contributed by atoms with E-state index in [1.54, 1.807) is 56.9 Å². The average Bonchev–Trinajstić information content (AvgIpc) is 3.20. The van der Waals surface area contributed by atoms with E-state index in [0.29, 0.717) is 28.8 Å². The molecule has 0 aliphatic heterocycles. The highest BCUT2D eigenvalue weighted by atomic mass is 16.5. The fourth-order valence-corrected chi connectivity index (χ4v) is 2.27. The topological polar surface area (TPSA) is 98.5 Å². The zero-order chi connectivity index (χ0) is 18.4. The number of ether oxygens (including phenoxy) is 2. The predicted molar refractivity (Wildman–Crippen MR) is 94.7 cm³/mol. The monoisotopic (exact) mass is 354 g/mol. The van der Waals surface area contributed by atoms with Gasteiger partial charge in [-0.15, -0.1) is 0 Å². The first kappa shape index (κ1) is 17.3. The van der Waals surface area contributed by atoms with Gasteiger partial charge in [-0.05, 0) is 24.3 Å². The summed E-state index contributed by atoms with van der Waals surface area (Å²) in [6.45, 7) is 0.280. The number of anilines is 2. The third-order valence-electron chi connectivity index (χ3n) is 3.57. The Morgan fingerprint density at radius 3 is 2.77 bits per heavy atom. The number of aromatic nitrogens is 2. The first-order valence-electron chi connectivity index (χ1n) is 7.81. The Labute approximate surface area is 150 Å². The number of hydrogen-bond acceptors (Lipinski definition) is 7. The fourth-order valence-electron chi connectivity index (χ4n) is 2.27. The van der Waals surface area contributed by atoms with Crippen LogP contribution in [0.5, 0.6) is 11.5 Å². The van der Waals surface area contributed by atoms with Gasteiger partial charge in [0, 0.05) is 12.1 Å². The van der Waals surface area contributed by atoms with Crippen molar-refractivity contribution in [2.24, 2.45) is 0 Å². The van der Waals surface area contributed by atoms with Crippen LogP contribution in [0.4, 0.5) is 11.5 Å². The van der Waals surface area contributed by atoms with Gasteiger partial charge in [0.15, 0.2) is 0 Å². The summed E-state index contributed by atoms with van der Waals surface area (Å²) >= 11 is 0. The van der Waals surface area contributed by atoms with Gasteiger partial charge < -0.3 is 24.5 Å². The van der Waals surface area contributed by atoms with Crippen LogP contribution in [-0.4, -0.2) is 30.1 Å². The highest BCUT2D eigenvalue weighted by Gasteiger charge is 2.11. The van der Waals surface area contributed by atoms with Crippen molar-refractivity contribution in [3.8, 4) is 11.5 Å². The zero-order valence-electron chi connectivity index (χ0n) is 14.4. The molecule has 8 nitrogen and oxygen atoms in total. The van der Waals surface area contributed by atoms with E-state index in [-0.39, 0.29) is 18.1 Å². The van der Waals surface area contributed by atoms with Crippen molar-refractivity contribution in [3.63, 3.8) is 0 Å². The third kappa shape index (κ3) is 4.10. The molecule has 0 saturated carbocycles. The summed E-state index contributed by atoms with van der Waals surface area (Å²) in [6.07, 6.45) is 2.87. The third-order valence-corrected chi connectivity index (χ3v) is 3.57. The first-order chi connectivity index (χ1) is 12.7.